The number of hydrogen-bond acceptors (Lipinski definition) is 4. The first-order chi connectivity index (χ1) is 8.26. The largest absolute Gasteiger partial charge is 0.497 e. The van der Waals surface area contributed by atoms with Gasteiger partial charge in [0, 0.05) is 6.07 Å². The van der Waals surface area contributed by atoms with Crippen LogP contribution in [0.4, 0.5) is 0 Å². The average molecular weight is 232 g/mol. The molecule has 0 spiro atoms. The summed E-state index contributed by atoms with van der Waals surface area (Å²) >= 11 is 0. The van der Waals surface area contributed by atoms with Crippen molar-refractivity contribution in [2.75, 3.05) is 14.2 Å². The van der Waals surface area contributed by atoms with Gasteiger partial charge in [0.15, 0.2) is 5.76 Å². The van der Waals surface area contributed by atoms with Crippen molar-refractivity contribution in [2.24, 2.45) is 0 Å². The van der Waals surface area contributed by atoms with Gasteiger partial charge < -0.3 is 13.9 Å². The van der Waals surface area contributed by atoms with Crippen LogP contribution >= 0.6 is 0 Å². The van der Waals surface area contributed by atoms with E-state index in [0.717, 1.165) is 0 Å². The van der Waals surface area contributed by atoms with Crippen LogP contribution in [-0.4, -0.2) is 20.0 Å². The number of carbonyl (C=O) groups excluding carboxylic acids is 1. The molecule has 0 aliphatic heterocycles. The van der Waals surface area contributed by atoms with Gasteiger partial charge in [0.05, 0.1) is 26.0 Å². The molecular weight excluding hydrogens is 220 g/mol. The second kappa shape index (κ2) is 4.74. The van der Waals surface area contributed by atoms with Crippen molar-refractivity contribution < 1.29 is 18.7 Å². The van der Waals surface area contributed by atoms with Gasteiger partial charge in [0.2, 0.25) is 5.78 Å². The quantitative estimate of drug-likeness (QED) is 0.760. The number of benzene rings is 1. The Hall–Kier alpha value is -2.23. The first kappa shape index (κ1) is 11.3. The molecule has 0 saturated heterocycles. The maximum Gasteiger partial charge on any atom is 0.231 e. The summed E-state index contributed by atoms with van der Waals surface area (Å²) in [5, 5.41) is 0. The van der Waals surface area contributed by atoms with Crippen LogP contribution in [-0.2, 0) is 0 Å². The number of furan rings is 1. The summed E-state index contributed by atoms with van der Waals surface area (Å²) in [7, 11) is 3.07. The van der Waals surface area contributed by atoms with E-state index in [4.69, 9.17) is 13.9 Å². The lowest BCUT2D eigenvalue weighted by Crippen LogP contribution is -2.03. The maximum absolute atomic E-state index is 12.1. The van der Waals surface area contributed by atoms with Crippen molar-refractivity contribution in [3.63, 3.8) is 0 Å². The van der Waals surface area contributed by atoms with Crippen molar-refractivity contribution in [3.8, 4) is 11.5 Å². The number of rotatable bonds is 4. The van der Waals surface area contributed by atoms with Crippen molar-refractivity contribution in [2.45, 2.75) is 0 Å². The van der Waals surface area contributed by atoms with Crippen molar-refractivity contribution in [1.82, 2.24) is 0 Å². The highest BCUT2D eigenvalue weighted by molar-refractivity contribution is 6.09. The number of hydrogen-bond donors (Lipinski definition) is 0. The molecule has 0 unspecified atom stereocenters. The standard InChI is InChI=1S/C13H12O4/c1-15-9-5-6-10(12(8-9)16-2)13(14)11-4-3-7-17-11/h3-8H,1-2H3. The van der Waals surface area contributed by atoms with E-state index in [0.29, 0.717) is 17.1 Å². The van der Waals surface area contributed by atoms with Crippen LogP contribution in [0, 0.1) is 0 Å². The lowest BCUT2D eigenvalue weighted by Gasteiger charge is -2.08. The molecule has 2 aromatic rings. The molecule has 2 rings (SSSR count). The van der Waals surface area contributed by atoms with Gasteiger partial charge in [-0.25, -0.2) is 0 Å². The van der Waals surface area contributed by atoms with E-state index in [1.807, 2.05) is 0 Å². The van der Waals surface area contributed by atoms with E-state index in [9.17, 15) is 4.79 Å². The number of ketones is 1. The topological polar surface area (TPSA) is 48.7 Å². The molecule has 1 aromatic heterocycles. The van der Waals surface area contributed by atoms with Crippen molar-refractivity contribution in [3.05, 3.63) is 47.9 Å². The van der Waals surface area contributed by atoms with Crippen LogP contribution in [0.3, 0.4) is 0 Å². The highest BCUT2D eigenvalue weighted by Gasteiger charge is 2.17. The van der Waals surface area contributed by atoms with E-state index in [2.05, 4.69) is 0 Å². The van der Waals surface area contributed by atoms with Gasteiger partial charge in [-0.1, -0.05) is 0 Å². The molecule has 0 saturated carbocycles. The molecule has 17 heavy (non-hydrogen) atoms. The fraction of sp³-hybridized carbons (Fsp3) is 0.154. The van der Waals surface area contributed by atoms with Gasteiger partial charge in [-0.15, -0.1) is 0 Å². The zero-order valence-electron chi connectivity index (χ0n) is 9.60. The van der Waals surface area contributed by atoms with E-state index in [1.54, 1.807) is 37.4 Å². The third-order valence-corrected chi connectivity index (χ3v) is 2.40. The molecule has 88 valence electrons. The summed E-state index contributed by atoms with van der Waals surface area (Å²) in [5.74, 6) is 1.17. The molecule has 4 nitrogen and oxygen atoms in total. The summed E-state index contributed by atoms with van der Waals surface area (Å²) in [5.41, 5.74) is 0.447. The van der Waals surface area contributed by atoms with Crippen LogP contribution in [0.15, 0.2) is 41.0 Å². The Kier molecular flexibility index (Phi) is 3.14. The number of methoxy groups -OCH3 is 2. The summed E-state index contributed by atoms with van der Waals surface area (Å²) in [4.78, 5) is 12.1. The Labute approximate surface area is 98.8 Å². The van der Waals surface area contributed by atoms with Crippen molar-refractivity contribution >= 4 is 5.78 Å². The minimum atomic E-state index is -0.213. The van der Waals surface area contributed by atoms with Gasteiger partial charge in [0.1, 0.15) is 11.5 Å². The molecule has 1 heterocycles. The van der Waals surface area contributed by atoms with Gasteiger partial charge in [0.25, 0.3) is 0 Å². The fourth-order valence-corrected chi connectivity index (χ4v) is 1.53. The Morgan fingerprint density at radius 3 is 2.59 bits per heavy atom. The summed E-state index contributed by atoms with van der Waals surface area (Å²) in [6.07, 6.45) is 1.46. The minimum Gasteiger partial charge on any atom is -0.497 e. The van der Waals surface area contributed by atoms with Crippen LogP contribution in [0.1, 0.15) is 16.1 Å². The molecule has 0 aliphatic rings. The number of ether oxygens (including phenoxy) is 2. The molecular formula is C13H12O4. The molecule has 0 fully saturated rings. The zero-order chi connectivity index (χ0) is 12.3. The van der Waals surface area contributed by atoms with Crippen molar-refractivity contribution in [1.29, 1.82) is 0 Å². The Morgan fingerprint density at radius 1 is 1.18 bits per heavy atom. The summed E-state index contributed by atoms with van der Waals surface area (Å²) < 4.78 is 15.3. The molecule has 0 N–H and O–H groups in total. The monoisotopic (exact) mass is 232 g/mol. The molecule has 0 bridgehead atoms. The normalized spacial score (nSPS) is 10.0. The second-order valence-electron chi connectivity index (χ2n) is 3.37. The van der Waals surface area contributed by atoms with E-state index in [-0.39, 0.29) is 11.5 Å². The second-order valence-corrected chi connectivity index (χ2v) is 3.37. The maximum atomic E-state index is 12.1. The summed E-state index contributed by atoms with van der Waals surface area (Å²) in [6, 6.07) is 8.31. The summed E-state index contributed by atoms with van der Waals surface area (Å²) in [6.45, 7) is 0. The molecule has 0 aliphatic carbocycles. The molecule has 1 aromatic carbocycles. The first-order valence-electron chi connectivity index (χ1n) is 5.06. The number of carbonyl (C=O) groups is 1. The molecule has 0 amide bonds. The van der Waals surface area contributed by atoms with Gasteiger partial charge in [-0.2, -0.15) is 0 Å². The molecule has 4 heteroatoms. The Morgan fingerprint density at radius 2 is 2.00 bits per heavy atom. The lowest BCUT2D eigenvalue weighted by molar-refractivity contribution is 0.101. The van der Waals surface area contributed by atoms with Gasteiger partial charge in [-0.05, 0) is 24.3 Å². The fourth-order valence-electron chi connectivity index (χ4n) is 1.53. The van der Waals surface area contributed by atoms with Crippen LogP contribution in [0.2, 0.25) is 0 Å². The Balaban J connectivity index is 2.41. The molecule has 0 radical (unpaired) electrons. The van der Waals surface area contributed by atoms with E-state index in [1.165, 1.54) is 13.4 Å². The third-order valence-electron chi connectivity index (χ3n) is 2.40. The molecule has 0 atom stereocenters. The first-order valence-corrected chi connectivity index (χ1v) is 5.06. The lowest BCUT2D eigenvalue weighted by atomic mass is 10.1. The smallest absolute Gasteiger partial charge is 0.231 e. The van der Waals surface area contributed by atoms with Crippen LogP contribution in [0.25, 0.3) is 0 Å². The zero-order valence-corrected chi connectivity index (χ0v) is 9.60. The SMILES string of the molecule is COc1ccc(C(=O)c2ccco2)c(OC)c1. The van der Waals surface area contributed by atoms with E-state index < -0.39 is 0 Å². The van der Waals surface area contributed by atoms with Gasteiger partial charge >= 0.3 is 0 Å². The predicted molar refractivity (Wildman–Crippen MR) is 61.7 cm³/mol. The average Bonchev–Trinajstić information content (AvgIpc) is 2.91. The highest BCUT2D eigenvalue weighted by Crippen LogP contribution is 2.26. The highest BCUT2D eigenvalue weighted by atomic mass is 16.5. The predicted octanol–water partition coefficient (Wildman–Crippen LogP) is 2.53. The van der Waals surface area contributed by atoms with Gasteiger partial charge in [-0.3, -0.25) is 4.79 Å². The minimum absolute atomic E-state index is 0.213. The van der Waals surface area contributed by atoms with Crippen LogP contribution < -0.4 is 9.47 Å². The van der Waals surface area contributed by atoms with Crippen LogP contribution in [0.5, 0.6) is 11.5 Å². The van der Waals surface area contributed by atoms with E-state index >= 15 is 0 Å². The third kappa shape index (κ3) is 2.15. The Bertz CT molecular complexity index is 514.